The maximum absolute atomic E-state index is 12.0. The monoisotopic (exact) mass is 306 g/mol. The van der Waals surface area contributed by atoms with Gasteiger partial charge < -0.3 is 5.32 Å². The van der Waals surface area contributed by atoms with Crippen molar-refractivity contribution in [3.8, 4) is 0 Å². The molecule has 3 rings (SSSR count). The Morgan fingerprint density at radius 3 is 2.86 bits per heavy atom. The van der Waals surface area contributed by atoms with Gasteiger partial charge in [-0.3, -0.25) is 10.00 Å². The van der Waals surface area contributed by atoms with E-state index in [2.05, 4.69) is 25.9 Å². The minimum Gasteiger partial charge on any atom is -0.331 e. The van der Waals surface area contributed by atoms with E-state index < -0.39 is 0 Å². The van der Waals surface area contributed by atoms with Gasteiger partial charge in [0.1, 0.15) is 5.01 Å². The lowest BCUT2D eigenvalue weighted by molar-refractivity contribution is 0.249. The van der Waals surface area contributed by atoms with Gasteiger partial charge in [0.2, 0.25) is 5.13 Å². The molecule has 1 atom stereocenters. The number of hydrogen-bond acceptors (Lipinski definition) is 5. The van der Waals surface area contributed by atoms with Crippen molar-refractivity contribution in [1.82, 2.24) is 25.3 Å². The van der Waals surface area contributed by atoms with Crippen LogP contribution in [0.2, 0.25) is 0 Å². The first kappa shape index (κ1) is 14.0. The van der Waals surface area contributed by atoms with Crippen LogP contribution < -0.4 is 10.6 Å². The maximum Gasteiger partial charge on any atom is 0.321 e. The van der Waals surface area contributed by atoms with E-state index in [1.165, 1.54) is 24.2 Å². The van der Waals surface area contributed by atoms with Crippen molar-refractivity contribution in [3.63, 3.8) is 0 Å². The summed E-state index contributed by atoms with van der Waals surface area (Å²) in [5.74, 6) is 0.554. The number of rotatable bonds is 4. The Morgan fingerprint density at radius 2 is 2.24 bits per heavy atom. The number of aromatic nitrogens is 4. The van der Waals surface area contributed by atoms with Gasteiger partial charge in [-0.15, -0.1) is 10.2 Å². The molecule has 0 unspecified atom stereocenters. The molecule has 2 N–H and O–H groups in total. The van der Waals surface area contributed by atoms with Gasteiger partial charge in [-0.25, -0.2) is 4.79 Å². The number of nitrogens with zero attached hydrogens (tertiary/aromatic N) is 4. The van der Waals surface area contributed by atoms with Crippen LogP contribution >= 0.6 is 11.3 Å². The van der Waals surface area contributed by atoms with E-state index >= 15 is 0 Å². The molecule has 2 aromatic heterocycles. The molecule has 0 saturated heterocycles. The quantitative estimate of drug-likeness (QED) is 0.908. The number of amides is 2. The molecule has 0 spiro atoms. The first-order valence-corrected chi connectivity index (χ1v) is 7.75. The summed E-state index contributed by atoms with van der Waals surface area (Å²) in [6, 6.07) is -0.390. The van der Waals surface area contributed by atoms with Gasteiger partial charge in [-0.1, -0.05) is 11.3 Å². The average molecular weight is 306 g/mol. The Bertz CT molecular complexity index is 659. The smallest absolute Gasteiger partial charge is 0.321 e. The molecule has 2 amide bonds. The van der Waals surface area contributed by atoms with Gasteiger partial charge in [0.15, 0.2) is 0 Å². The number of carbonyl (C=O) groups is 1. The molecule has 1 saturated carbocycles. The van der Waals surface area contributed by atoms with Crippen LogP contribution in [0, 0.1) is 6.92 Å². The van der Waals surface area contributed by atoms with Crippen molar-refractivity contribution >= 4 is 22.5 Å². The van der Waals surface area contributed by atoms with Crippen LogP contribution in [0.15, 0.2) is 6.20 Å². The third kappa shape index (κ3) is 3.05. The van der Waals surface area contributed by atoms with E-state index in [1.807, 2.05) is 20.9 Å². The van der Waals surface area contributed by atoms with Crippen molar-refractivity contribution in [1.29, 1.82) is 0 Å². The zero-order chi connectivity index (χ0) is 15.0. The molecule has 1 aliphatic rings. The molecule has 0 radical (unpaired) electrons. The van der Waals surface area contributed by atoms with Gasteiger partial charge in [0, 0.05) is 24.2 Å². The Balaban J connectivity index is 1.58. The summed E-state index contributed by atoms with van der Waals surface area (Å²) in [5, 5.41) is 19.5. The van der Waals surface area contributed by atoms with Crippen molar-refractivity contribution < 1.29 is 4.79 Å². The molecule has 7 nitrogen and oxygen atoms in total. The SMILES string of the molecule is Cc1c([C@H](C)NC(=O)Nc2nnc(C3CC3)s2)cnn1C. The molecule has 0 bridgehead atoms. The zero-order valence-electron chi connectivity index (χ0n) is 12.3. The van der Waals surface area contributed by atoms with Crippen LogP contribution in [-0.2, 0) is 7.05 Å². The number of carbonyl (C=O) groups excluding carboxylic acids is 1. The van der Waals surface area contributed by atoms with Crippen LogP contribution in [0.1, 0.15) is 48.0 Å². The highest BCUT2D eigenvalue weighted by Gasteiger charge is 2.27. The topological polar surface area (TPSA) is 84.7 Å². The van der Waals surface area contributed by atoms with Crippen molar-refractivity contribution in [2.75, 3.05) is 5.32 Å². The number of nitrogens with one attached hydrogen (secondary N) is 2. The van der Waals surface area contributed by atoms with E-state index in [0.717, 1.165) is 16.3 Å². The van der Waals surface area contributed by atoms with Gasteiger partial charge >= 0.3 is 6.03 Å². The van der Waals surface area contributed by atoms with Crippen LogP contribution in [0.4, 0.5) is 9.93 Å². The van der Waals surface area contributed by atoms with Crippen LogP contribution in [0.5, 0.6) is 0 Å². The Labute approximate surface area is 126 Å². The van der Waals surface area contributed by atoms with Gasteiger partial charge in [0.05, 0.1) is 12.2 Å². The zero-order valence-corrected chi connectivity index (χ0v) is 13.1. The molecule has 0 aromatic carbocycles. The van der Waals surface area contributed by atoms with E-state index in [4.69, 9.17) is 0 Å². The molecular formula is C13H18N6OS. The normalized spacial score (nSPS) is 15.8. The number of urea groups is 1. The second-order valence-electron chi connectivity index (χ2n) is 5.35. The largest absolute Gasteiger partial charge is 0.331 e. The maximum atomic E-state index is 12.0. The Morgan fingerprint density at radius 1 is 1.48 bits per heavy atom. The minimum absolute atomic E-state index is 0.116. The molecule has 2 heterocycles. The van der Waals surface area contributed by atoms with E-state index in [-0.39, 0.29) is 12.1 Å². The second kappa shape index (κ2) is 5.44. The molecular weight excluding hydrogens is 288 g/mol. The second-order valence-corrected chi connectivity index (χ2v) is 6.36. The molecule has 0 aliphatic heterocycles. The lowest BCUT2D eigenvalue weighted by Crippen LogP contribution is -2.31. The summed E-state index contributed by atoms with van der Waals surface area (Å²) in [6.07, 6.45) is 4.13. The third-order valence-electron chi connectivity index (χ3n) is 3.68. The first-order valence-electron chi connectivity index (χ1n) is 6.94. The van der Waals surface area contributed by atoms with Crippen LogP contribution in [-0.4, -0.2) is 26.0 Å². The Hall–Kier alpha value is -1.96. The highest BCUT2D eigenvalue weighted by molar-refractivity contribution is 7.15. The Kier molecular flexibility index (Phi) is 3.62. The first-order chi connectivity index (χ1) is 10.0. The van der Waals surface area contributed by atoms with Gasteiger partial charge in [-0.05, 0) is 26.7 Å². The lowest BCUT2D eigenvalue weighted by atomic mass is 10.1. The van der Waals surface area contributed by atoms with Gasteiger partial charge in [0.25, 0.3) is 0 Å². The van der Waals surface area contributed by atoms with Crippen molar-refractivity contribution in [2.45, 2.75) is 38.6 Å². The molecule has 8 heteroatoms. The molecule has 2 aromatic rings. The fraction of sp³-hybridized carbons (Fsp3) is 0.538. The van der Waals surface area contributed by atoms with Crippen molar-refractivity contribution in [2.24, 2.45) is 7.05 Å². The van der Waals surface area contributed by atoms with E-state index in [1.54, 1.807) is 10.9 Å². The molecule has 112 valence electrons. The van der Waals surface area contributed by atoms with E-state index in [0.29, 0.717) is 11.0 Å². The van der Waals surface area contributed by atoms with Crippen molar-refractivity contribution in [3.05, 3.63) is 22.5 Å². The number of anilines is 1. The predicted molar refractivity (Wildman–Crippen MR) is 80.4 cm³/mol. The highest BCUT2D eigenvalue weighted by atomic mass is 32.1. The lowest BCUT2D eigenvalue weighted by Gasteiger charge is -2.13. The number of aryl methyl sites for hydroxylation is 1. The molecule has 1 aliphatic carbocycles. The number of hydrogen-bond donors (Lipinski definition) is 2. The average Bonchev–Trinajstić information content (AvgIpc) is 3.10. The molecule has 21 heavy (non-hydrogen) atoms. The standard InChI is InChI=1S/C13H18N6OS/c1-7(10-6-14-19(3)8(10)2)15-12(20)16-13-18-17-11(21-13)9-4-5-9/h6-7,9H,4-5H2,1-3H3,(H2,15,16,18,20)/t7-/m0/s1. The summed E-state index contributed by atoms with van der Waals surface area (Å²) < 4.78 is 1.79. The minimum atomic E-state index is -0.274. The molecule has 1 fully saturated rings. The van der Waals surface area contributed by atoms with Crippen LogP contribution in [0.25, 0.3) is 0 Å². The fourth-order valence-corrected chi connectivity index (χ4v) is 3.04. The summed E-state index contributed by atoms with van der Waals surface area (Å²) in [7, 11) is 1.88. The van der Waals surface area contributed by atoms with E-state index in [9.17, 15) is 4.79 Å². The van der Waals surface area contributed by atoms with Gasteiger partial charge in [-0.2, -0.15) is 5.10 Å². The van der Waals surface area contributed by atoms with Crippen LogP contribution in [0.3, 0.4) is 0 Å². The summed E-state index contributed by atoms with van der Waals surface area (Å²) in [5.41, 5.74) is 2.04. The summed E-state index contributed by atoms with van der Waals surface area (Å²) >= 11 is 1.45. The summed E-state index contributed by atoms with van der Waals surface area (Å²) in [4.78, 5) is 12.0. The third-order valence-corrected chi connectivity index (χ3v) is 4.68. The predicted octanol–water partition coefficient (Wildman–Crippen LogP) is 2.34. The summed E-state index contributed by atoms with van der Waals surface area (Å²) in [6.45, 7) is 3.91. The highest BCUT2D eigenvalue weighted by Crippen LogP contribution is 2.42. The fourth-order valence-electron chi connectivity index (χ4n) is 2.13.